The first-order valence-electron chi connectivity index (χ1n) is 6.20. The van der Waals surface area contributed by atoms with E-state index in [0.717, 1.165) is 0 Å². The van der Waals surface area contributed by atoms with E-state index in [0.29, 0.717) is 27.9 Å². The van der Waals surface area contributed by atoms with Crippen LogP contribution < -0.4 is 4.74 Å². The van der Waals surface area contributed by atoms with Gasteiger partial charge < -0.3 is 9.72 Å². The highest BCUT2D eigenvalue weighted by molar-refractivity contribution is 5.93. The molecule has 3 aromatic rings. The van der Waals surface area contributed by atoms with Crippen molar-refractivity contribution in [3.05, 3.63) is 58.4 Å². The summed E-state index contributed by atoms with van der Waals surface area (Å²) in [7, 11) is 1.46. The summed E-state index contributed by atoms with van der Waals surface area (Å²) in [5.41, 5.74) is 1.40. The number of nitrogens with one attached hydrogen (secondary N) is 1. The Morgan fingerprint density at radius 1 is 1.24 bits per heavy atom. The van der Waals surface area contributed by atoms with Crippen LogP contribution in [-0.2, 0) is 0 Å². The lowest BCUT2D eigenvalue weighted by atomic mass is 10.1. The van der Waals surface area contributed by atoms with Crippen molar-refractivity contribution < 1.29 is 14.1 Å². The van der Waals surface area contributed by atoms with Crippen LogP contribution in [0.3, 0.4) is 0 Å². The van der Waals surface area contributed by atoms with Gasteiger partial charge in [0.25, 0.3) is 5.69 Å². The minimum absolute atomic E-state index is 0.0103. The number of aromatic amines is 1. The fourth-order valence-corrected chi connectivity index (χ4v) is 2.28. The number of H-pyrrole nitrogens is 1. The van der Waals surface area contributed by atoms with E-state index >= 15 is 0 Å². The number of rotatable bonds is 3. The molecule has 21 heavy (non-hydrogen) atoms. The lowest BCUT2D eigenvalue weighted by molar-refractivity contribution is -0.383. The SMILES string of the molecule is COc1ccc(-c2cc3c([N+](=O)[O-])cccc3[nH]2)c(F)c1. The number of nitrogens with zero attached hydrogens (tertiary/aromatic N) is 1. The predicted octanol–water partition coefficient (Wildman–Crippen LogP) is 3.89. The molecule has 0 amide bonds. The summed E-state index contributed by atoms with van der Waals surface area (Å²) in [5.74, 6) is -0.0399. The van der Waals surface area contributed by atoms with E-state index in [9.17, 15) is 14.5 Å². The van der Waals surface area contributed by atoms with E-state index in [1.165, 1.54) is 19.2 Å². The van der Waals surface area contributed by atoms with E-state index in [-0.39, 0.29) is 5.69 Å². The van der Waals surface area contributed by atoms with Gasteiger partial charge in [0.1, 0.15) is 11.6 Å². The van der Waals surface area contributed by atoms with E-state index < -0.39 is 10.7 Å². The van der Waals surface area contributed by atoms with Gasteiger partial charge in [-0.15, -0.1) is 0 Å². The average molecular weight is 286 g/mol. The number of non-ortho nitro benzene ring substituents is 1. The Balaban J connectivity index is 2.18. The molecule has 0 saturated heterocycles. The molecule has 0 aliphatic carbocycles. The average Bonchev–Trinajstić information content (AvgIpc) is 2.90. The number of benzene rings is 2. The maximum absolute atomic E-state index is 14.1. The van der Waals surface area contributed by atoms with Crippen molar-refractivity contribution in [1.29, 1.82) is 0 Å². The van der Waals surface area contributed by atoms with Crippen LogP contribution in [0.1, 0.15) is 0 Å². The lowest BCUT2D eigenvalue weighted by Gasteiger charge is -2.03. The van der Waals surface area contributed by atoms with Gasteiger partial charge in [0.15, 0.2) is 0 Å². The number of nitro benzene ring substituents is 1. The van der Waals surface area contributed by atoms with Crippen LogP contribution >= 0.6 is 0 Å². The molecule has 0 saturated carbocycles. The third kappa shape index (κ3) is 2.20. The van der Waals surface area contributed by atoms with Crippen LogP contribution in [-0.4, -0.2) is 17.0 Å². The molecule has 2 aromatic carbocycles. The van der Waals surface area contributed by atoms with Crippen molar-refractivity contribution in [3.8, 4) is 17.0 Å². The smallest absolute Gasteiger partial charge is 0.278 e. The zero-order chi connectivity index (χ0) is 15.0. The number of hydrogen-bond acceptors (Lipinski definition) is 3. The molecule has 0 unspecified atom stereocenters. The number of ether oxygens (including phenoxy) is 1. The van der Waals surface area contributed by atoms with Crippen molar-refractivity contribution >= 4 is 16.6 Å². The summed E-state index contributed by atoms with van der Waals surface area (Å²) in [6, 6.07) is 10.8. The molecule has 0 aliphatic rings. The van der Waals surface area contributed by atoms with E-state index in [2.05, 4.69) is 4.98 Å². The second-order valence-corrected chi connectivity index (χ2v) is 4.52. The zero-order valence-electron chi connectivity index (χ0n) is 11.1. The van der Waals surface area contributed by atoms with Gasteiger partial charge >= 0.3 is 0 Å². The number of methoxy groups -OCH3 is 1. The van der Waals surface area contributed by atoms with E-state index in [1.807, 2.05) is 0 Å². The predicted molar refractivity (Wildman–Crippen MR) is 76.9 cm³/mol. The van der Waals surface area contributed by atoms with Crippen molar-refractivity contribution in [2.45, 2.75) is 0 Å². The van der Waals surface area contributed by atoms with Crippen molar-refractivity contribution in [1.82, 2.24) is 4.98 Å². The van der Waals surface area contributed by atoms with E-state index in [1.54, 1.807) is 30.3 Å². The number of hydrogen-bond donors (Lipinski definition) is 1. The fourth-order valence-electron chi connectivity index (χ4n) is 2.28. The summed E-state index contributed by atoms with van der Waals surface area (Å²) in [6.07, 6.45) is 0. The molecule has 0 radical (unpaired) electrons. The number of fused-ring (bicyclic) bond motifs is 1. The number of halogens is 1. The Kier molecular flexibility index (Phi) is 3.06. The Morgan fingerprint density at radius 3 is 2.71 bits per heavy atom. The van der Waals surface area contributed by atoms with Gasteiger partial charge in [-0.25, -0.2) is 4.39 Å². The largest absolute Gasteiger partial charge is 0.497 e. The topological polar surface area (TPSA) is 68.2 Å². The third-order valence-electron chi connectivity index (χ3n) is 3.30. The van der Waals surface area contributed by atoms with Crippen LogP contribution in [0, 0.1) is 15.9 Å². The van der Waals surface area contributed by atoms with Crippen LogP contribution in [0.5, 0.6) is 5.75 Å². The molecule has 5 nitrogen and oxygen atoms in total. The Bertz CT molecular complexity index is 842. The molecule has 1 N–H and O–H groups in total. The van der Waals surface area contributed by atoms with Gasteiger partial charge in [-0.05, 0) is 24.3 Å². The molecule has 1 heterocycles. The van der Waals surface area contributed by atoms with Crippen LogP contribution in [0.4, 0.5) is 10.1 Å². The highest BCUT2D eigenvalue weighted by Crippen LogP contribution is 2.32. The van der Waals surface area contributed by atoms with Crippen molar-refractivity contribution in [2.75, 3.05) is 7.11 Å². The first-order valence-corrected chi connectivity index (χ1v) is 6.20. The standard InChI is InChI=1S/C15H11FN2O3/c1-21-9-5-6-10(12(16)7-9)14-8-11-13(17-14)3-2-4-15(11)18(19)20/h2-8,17H,1H3. The molecule has 0 bridgehead atoms. The molecular formula is C15H11FN2O3. The normalized spacial score (nSPS) is 10.8. The molecule has 0 spiro atoms. The Hall–Kier alpha value is -2.89. The van der Waals surface area contributed by atoms with Crippen molar-refractivity contribution in [3.63, 3.8) is 0 Å². The Labute approximate surface area is 119 Å². The van der Waals surface area contributed by atoms with Crippen LogP contribution in [0.15, 0.2) is 42.5 Å². The first-order chi connectivity index (χ1) is 10.1. The minimum Gasteiger partial charge on any atom is -0.497 e. The number of nitro groups is 1. The Morgan fingerprint density at radius 2 is 2.05 bits per heavy atom. The second-order valence-electron chi connectivity index (χ2n) is 4.52. The summed E-state index contributed by atoms with van der Waals surface area (Å²) in [4.78, 5) is 13.6. The molecule has 1 aromatic heterocycles. The fraction of sp³-hybridized carbons (Fsp3) is 0.0667. The summed E-state index contributed by atoms with van der Waals surface area (Å²) < 4.78 is 19.0. The molecule has 106 valence electrons. The lowest BCUT2D eigenvalue weighted by Crippen LogP contribution is -1.88. The summed E-state index contributed by atoms with van der Waals surface area (Å²) in [6.45, 7) is 0. The molecule has 0 aliphatic heterocycles. The monoisotopic (exact) mass is 286 g/mol. The zero-order valence-corrected chi connectivity index (χ0v) is 11.1. The molecule has 6 heteroatoms. The highest BCUT2D eigenvalue weighted by Gasteiger charge is 2.16. The minimum atomic E-state index is -0.455. The van der Waals surface area contributed by atoms with Gasteiger partial charge in [0.2, 0.25) is 0 Å². The second kappa shape index (κ2) is 4.90. The highest BCUT2D eigenvalue weighted by atomic mass is 19.1. The molecule has 0 fully saturated rings. The van der Waals surface area contributed by atoms with E-state index in [4.69, 9.17) is 4.74 Å². The third-order valence-corrected chi connectivity index (χ3v) is 3.30. The molecule has 3 rings (SSSR count). The van der Waals surface area contributed by atoms with Gasteiger partial charge in [0.05, 0.1) is 22.9 Å². The maximum Gasteiger partial charge on any atom is 0.278 e. The summed E-state index contributed by atoms with van der Waals surface area (Å²) in [5, 5.41) is 11.5. The van der Waals surface area contributed by atoms with Crippen molar-refractivity contribution in [2.24, 2.45) is 0 Å². The summed E-state index contributed by atoms with van der Waals surface area (Å²) >= 11 is 0. The first kappa shape index (κ1) is 13.1. The molecular weight excluding hydrogens is 275 g/mol. The van der Waals surface area contributed by atoms with Gasteiger partial charge in [-0.1, -0.05) is 6.07 Å². The van der Waals surface area contributed by atoms with Crippen LogP contribution in [0.2, 0.25) is 0 Å². The number of aromatic nitrogens is 1. The van der Waals surface area contributed by atoms with Crippen LogP contribution in [0.25, 0.3) is 22.2 Å². The van der Waals surface area contributed by atoms with Gasteiger partial charge in [-0.2, -0.15) is 0 Å². The van der Waals surface area contributed by atoms with Gasteiger partial charge in [0, 0.05) is 23.4 Å². The quantitative estimate of drug-likeness (QED) is 0.586. The van der Waals surface area contributed by atoms with Gasteiger partial charge in [-0.3, -0.25) is 10.1 Å². The maximum atomic E-state index is 14.1. The molecule has 0 atom stereocenters.